The summed E-state index contributed by atoms with van der Waals surface area (Å²) in [5, 5.41) is 3.69. The summed E-state index contributed by atoms with van der Waals surface area (Å²) in [6.07, 6.45) is 9.99. The lowest BCUT2D eigenvalue weighted by Crippen LogP contribution is -2.22. The van der Waals surface area contributed by atoms with Crippen molar-refractivity contribution in [1.82, 2.24) is 5.32 Å². The first kappa shape index (κ1) is 15.6. The normalized spacial score (nSPS) is 18.1. The van der Waals surface area contributed by atoms with Crippen LogP contribution >= 0.6 is 0 Å². The van der Waals surface area contributed by atoms with Gasteiger partial charge in [0.05, 0.1) is 0 Å². The highest BCUT2D eigenvalue weighted by atomic mass is 14.9. The van der Waals surface area contributed by atoms with E-state index in [9.17, 15) is 0 Å². The molecule has 1 aliphatic rings. The minimum Gasteiger partial charge on any atom is -0.310 e. The highest BCUT2D eigenvalue weighted by molar-refractivity contribution is 5.31. The van der Waals surface area contributed by atoms with Crippen molar-refractivity contribution < 1.29 is 0 Å². The van der Waals surface area contributed by atoms with Gasteiger partial charge in [-0.3, -0.25) is 0 Å². The largest absolute Gasteiger partial charge is 0.310 e. The van der Waals surface area contributed by atoms with Crippen LogP contribution < -0.4 is 5.32 Å². The van der Waals surface area contributed by atoms with Crippen LogP contribution in [-0.4, -0.2) is 6.54 Å². The van der Waals surface area contributed by atoms with Crippen LogP contribution in [0.25, 0.3) is 0 Å². The standard InChI is InChI=1S/C19H31N/c1-4-20-19(13-11-17-8-6-5-7-9-17)18-12-10-15(2)16(3)14-18/h10,12,14,17,19-20H,4-9,11,13H2,1-3H3. The maximum absolute atomic E-state index is 3.69. The van der Waals surface area contributed by atoms with E-state index in [1.54, 1.807) is 0 Å². The summed E-state index contributed by atoms with van der Waals surface area (Å²) < 4.78 is 0. The van der Waals surface area contributed by atoms with Gasteiger partial charge in [-0.15, -0.1) is 0 Å². The SMILES string of the molecule is CCNC(CCC1CCCCC1)c1ccc(C)c(C)c1. The zero-order valence-corrected chi connectivity index (χ0v) is 13.5. The van der Waals surface area contributed by atoms with Crippen molar-refractivity contribution in [2.75, 3.05) is 6.54 Å². The molecule has 0 aliphatic heterocycles. The molecule has 2 rings (SSSR count). The lowest BCUT2D eigenvalue weighted by Gasteiger charge is -2.25. The topological polar surface area (TPSA) is 12.0 Å². The third-order valence-corrected chi connectivity index (χ3v) is 4.97. The van der Waals surface area contributed by atoms with E-state index in [1.165, 1.54) is 61.6 Å². The summed E-state index contributed by atoms with van der Waals surface area (Å²) in [5.41, 5.74) is 4.30. The third-order valence-electron chi connectivity index (χ3n) is 4.97. The Balaban J connectivity index is 1.96. The van der Waals surface area contributed by atoms with Crippen molar-refractivity contribution in [1.29, 1.82) is 0 Å². The number of hydrogen-bond donors (Lipinski definition) is 1. The highest BCUT2D eigenvalue weighted by Crippen LogP contribution is 2.30. The minimum atomic E-state index is 0.543. The van der Waals surface area contributed by atoms with Crippen LogP contribution in [0.15, 0.2) is 18.2 Å². The second kappa shape index (κ2) is 7.83. The van der Waals surface area contributed by atoms with Crippen molar-refractivity contribution in [2.45, 2.75) is 71.8 Å². The van der Waals surface area contributed by atoms with Crippen molar-refractivity contribution >= 4 is 0 Å². The number of rotatable bonds is 6. The molecule has 1 unspecified atom stereocenters. The average molecular weight is 273 g/mol. The van der Waals surface area contributed by atoms with Gasteiger partial charge in [-0.25, -0.2) is 0 Å². The molecule has 0 heterocycles. The van der Waals surface area contributed by atoms with Gasteiger partial charge in [-0.05, 0) is 55.8 Å². The van der Waals surface area contributed by atoms with Gasteiger partial charge < -0.3 is 5.32 Å². The number of aryl methyl sites for hydroxylation is 2. The predicted octanol–water partition coefficient (Wildman–Crippen LogP) is 5.31. The quantitative estimate of drug-likeness (QED) is 0.740. The predicted molar refractivity (Wildman–Crippen MR) is 88.1 cm³/mol. The minimum absolute atomic E-state index is 0.543. The molecule has 20 heavy (non-hydrogen) atoms. The van der Waals surface area contributed by atoms with Crippen LogP contribution in [0.4, 0.5) is 0 Å². The molecule has 1 nitrogen and oxygen atoms in total. The van der Waals surface area contributed by atoms with Gasteiger partial charge in [0.1, 0.15) is 0 Å². The Morgan fingerprint density at radius 3 is 2.50 bits per heavy atom. The van der Waals surface area contributed by atoms with Gasteiger partial charge in [0.25, 0.3) is 0 Å². The zero-order valence-electron chi connectivity index (χ0n) is 13.5. The van der Waals surface area contributed by atoms with E-state index >= 15 is 0 Å². The maximum Gasteiger partial charge on any atom is 0.0320 e. The molecule has 1 aliphatic carbocycles. The molecule has 1 saturated carbocycles. The first-order valence-corrected chi connectivity index (χ1v) is 8.51. The summed E-state index contributed by atoms with van der Waals surface area (Å²) in [7, 11) is 0. The molecule has 0 saturated heterocycles. The van der Waals surface area contributed by atoms with Gasteiger partial charge in [-0.1, -0.05) is 57.2 Å². The molecule has 1 aromatic rings. The van der Waals surface area contributed by atoms with Crippen molar-refractivity contribution in [3.8, 4) is 0 Å². The van der Waals surface area contributed by atoms with E-state index in [2.05, 4.69) is 44.3 Å². The summed E-state index contributed by atoms with van der Waals surface area (Å²) in [6, 6.07) is 7.51. The lowest BCUT2D eigenvalue weighted by atomic mass is 9.84. The van der Waals surface area contributed by atoms with E-state index < -0.39 is 0 Å². The Hall–Kier alpha value is -0.820. The lowest BCUT2D eigenvalue weighted by molar-refractivity contribution is 0.315. The second-order valence-corrected chi connectivity index (χ2v) is 6.54. The molecule has 0 amide bonds. The monoisotopic (exact) mass is 273 g/mol. The molecule has 0 aromatic heterocycles. The summed E-state index contributed by atoms with van der Waals surface area (Å²) >= 11 is 0. The van der Waals surface area contributed by atoms with Crippen LogP contribution in [0.2, 0.25) is 0 Å². The fourth-order valence-corrected chi connectivity index (χ4v) is 3.49. The smallest absolute Gasteiger partial charge is 0.0320 e. The molecule has 112 valence electrons. The fourth-order valence-electron chi connectivity index (χ4n) is 3.49. The third kappa shape index (κ3) is 4.34. The highest BCUT2D eigenvalue weighted by Gasteiger charge is 2.17. The molecule has 1 atom stereocenters. The first-order chi connectivity index (χ1) is 9.70. The van der Waals surface area contributed by atoms with Crippen LogP contribution in [0.5, 0.6) is 0 Å². The Bertz CT molecular complexity index is 404. The Morgan fingerprint density at radius 2 is 1.85 bits per heavy atom. The Labute approximate surface area is 125 Å². The first-order valence-electron chi connectivity index (χ1n) is 8.51. The number of nitrogens with one attached hydrogen (secondary N) is 1. The average Bonchev–Trinajstić information content (AvgIpc) is 2.47. The molecule has 0 bridgehead atoms. The van der Waals surface area contributed by atoms with E-state index in [0.29, 0.717) is 6.04 Å². The molecule has 1 N–H and O–H groups in total. The second-order valence-electron chi connectivity index (χ2n) is 6.54. The molecular weight excluding hydrogens is 242 g/mol. The Morgan fingerprint density at radius 1 is 1.10 bits per heavy atom. The van der Waals surface area contributed by atoms with Crippen molar-refractivity contribution in [2.24, 2.45) is 5.92 Å². The van der Waals surface area contributed by atoms with Gasteiger partial charge in [0, 0.05) is 6.04 Å². The van der Waals surface area contributed by atoms with Gasteiger partial charge >= 0.3 is 0 Å². The summed E-state index contributed by atoms with van der Waals surface area (Å²) in [5.74, 6) is 0.983. The molecule has 1 aromatic carbocycles. The molecule has 0 radical (unpaired) electrons. The fraction of sp³-hybridized carbons (Fsp3) is 0.684. The van der Waals surface area contributed by atoms with Crippen LogP contribution in [0.1, 0.15) is 74.6 Å². The van der Waals surface area contributed by atoms with Crippen LogP contribution in [-0.2, 0) is 0 Å². The number of hydrogen-bond acceptors (Lipinski definition) is 1. The van der Waals surface area contributed by atoms with E-state index in [0.717, 1.165) is 12.5 Å². The zero-order chi connectivity index (χ0) is 14.4. The van der Waals surface area contributed by atoms with Gasteiger partial charge in [0.15, 0.2) is 0 Å². The Kier molecular flexibility index (Phi) is 6.09. The van der Waals surface area contributed by atoms with E-state index in [4.69, 9.17) is 0 Å². The molecule has 0 spiro atoms. The van der Waals surface area contributed by atoms with Crippen LogP contribution in [0.3, 0.4) is 0 Å². The van der Waals surface area contributed by atoms with E-state index in [-0.39, 0.29) is 0 Å². The number of benzene rings is 1. The van der Waals surface area contributed by atoms with Gasteiger partial charge in [-0.2, -0.15) is 0 Å². The molecule has 1 fully saturated rings. The van der Waals surface area contributed by atoms with Crippen LogP contribution in [0, 0.1) is 19.8 Å². The van der Waals surface area contributed by atoms with E-state index in [1.807, 2.05) is 0 Å². The summed E-state index contributed by atoms with van der Waals surface area (Å²) in [6.45, 7) is 7.70. The van der Waals surface area contributed by atoms with Crippen molar-refractivity contribution in [3.05, 3.63) is 34.9 Å². The van der Waals surface area contributed by atoms with Gasteiger partial charge in [0.2, 0.25) is 0 Å². The molecule has 1 heteroatoms. The molecular formula is C19H31N. The summed E-state index contributed by atoms with van der Waals surface area (Å²) in [4.78, 5) is 0. The van der Waals surface area contributed by atoms with Crippen molar-refractivity contribution in [3.63, 3.8) is 0 Å². The maximum atomic E-state index is 3.69.